The first kappa shape index (κ1) is 18.8. The lowest BCUT2D eigenvalue weighted by Gasteiger charge is -2.44. The van der Waals surface area contributed by atoms with Crippen molar-refractivity contribution < 1.29 is 56.9 Å². The lowest BCUT2D eigenvalue weighted by Crippen LogP contribution is -3.00. The molecule has 2 aromatic carbocycles. The summed E-state index contributed by atoms with van der Waals surface area (Å²) in [5.74, 6) is 2.28. The van der Waals surface area contributed by atoms with E-state index >= 15 is 0 Å². The van der Waals surface area contributed by atoms with Gasteiger partial charge in [0.25, 0.3) is 0 Å². The highest BCUT2D eigenvalue weighted by atomic mass is 127. The molecule has 152 valence electrons. The third-order valence-corrected chi connectivity index (χ3v) is 6.27. The van der Waals surface area contributed by atoms with Gasteiger partial charge in [-0.1, -0.05) is 6.07 Å². The summed E-state index contributed by atoms with van der Waals surface area (Å²) >= 11 is 0. The number of quaternary nitrogens is 1. The van der Waals surface area contributed by atoms with Gasteiger partial charge < -0.3 is 52.1 Å². The molecule has 2 atom stereocenters. The molecule has 0 bridgehead atoms. The second kappa shape index (κ2) is 6.40. The van der Waals surface area contributed by atoms with Gasteiger partial charge in [-0.3, -0.25) is 0 Å². The minimum Gasteiger partial charge on any atom is -1.00 e. The smallest absolute Gasteiger partial charge is 0.343 e. The van der Waals surface area contributed by atoms with E-state index in [1.165, 1.54) is 5.56 Å². The number of ether oxygens (including phenoxy) is 5. The average Bonchev–Trinajstić information content (AvgIpc) is 3.37. The highest BCUT2D eigenvalue weighted by Gasteiger charge is 2.50. The number of esters is 1. The van der Waals surface area contributed by atoms with Crippen LogP contribution < -0.4 is 42.9 Å². The van der Waals surface area contributed by atoms with Crippen LogP contribution in [0.25, 0.3) is 0 Å². The van der Waals surface area contributed by atoms with Crippen molar-refractivity contribution in [3.63, 3.8) is 0 Å². The largest absolute Gasteiger partial charge is 1.00 e. The fourth-order valence-electron chi connectivity index (χ4n) is 4.85. The third-order valence-electron chi connectivity index (χ3n) is 6.27. The molecule has 0 aromatic heterocycles. The molecule has 2 aromatic rings. The number of fused-ring (bicyclic) bond motifs is 5. The van der Waals surface area contributed by atoms with Crippen molar-refractivity contribution in [1.82, 2.24) is 0 Å². The lowest BCUT2D eigenvalue weighted by atomic mass is 9.84. The molecular weight excluding hydrogens is 489 g/mol. The van der Waals surface area contributed by atoms with Crippen molar-refractivity contribution >= 4 is 5.97 Å². The molecule has 29 heavy (non-hydrogen) atoms. The molecule has 0 saturated carbocycles. The Bertz CT molecular complexity index is 1040. The van der Waals surface area contributed by atoms with E-state index in [0.717, 1.165) is 35.6 Å². The summed E-state index contributed by atoms with van der Waals surface area (Å²) in [4.78, 5) is 12.8. The topological polar surface area (TPSA) is 63.2 Å². The second-order valence-electron chi connectivity index (χ2n) is 8.19. The Morgan fingerprint density at radius 2 is 1.66 bits per heavy atom. The van der Waals surface area contributed by atoms with Gasteiger partial charge >= 0.3 is 5.97 Å². The second-order valence-corrected chi connectivity index (χ2v) is 8.19. The monoisotopic (exact) mass is 509 g/mol. The summed E-state index contributed by atoms with van der Waals surface area (Å²) in [6, 6.07) is 7.87. The summed E-state index contributed by atoms with van der Waals surface area (Å²) < 4.78 is 28.8. The van der Waals surface area contributed by atoms with Crippen LogP contribution in [-0.4, -0.2) is 44.7 Å². The minimum atomic E-state index is -0.397. The van der Waals surface area contributed by atoms with Gasteiger partial charge in [0.1, 0.15) is 5.56 Å². The molecule has 1 unspecified atom stereocenters. The maximum atomic E-state index is 12.8. The van der Waals surface area contributed by atoms with Gasteiger partial charge in [-0.05, 0) is 23.8 Å². The van der Waals surface area contributed by atoms with Crippen molar-refractivity contribution in [2.45, 2.75) is 18.6 Å². The molecule has 0 fully saturated rings. The van der Waals surface area contributed by atoms with Gasteiger partial charge in [-0.2, -0.15) is 0 Å². The number of likely N-dealkylation sites (N-methyl/N-ethyl adjacent to an activating group) is 1. The van der Waals surface area contributed by atoms with Crippen molar-refractivity contribution in [3.05, 3.63) is 46.5 Å². The van der Waals surface area contributed by atoms with Crippen LogP contribution in [0.1, 0.15) is 39.2 Å². The van der Waals surface area contributed by atoms with Crippen molar-refractivity contribution in [2.75, 3.05) is 34.2 Å². The number of cyclic esters (lactones) is 1. The molecule has 7 nitrogen and oxygen atoms in total. The molecule has 0 saturated heterocycles. The van der Waals surface area contributed by atoms with Gasteiger partial charge in [-0.25, -0.2) is 4.79 Å². The first-order chi connectivity index (χ1) is 13.5. The minimum absolute atomic E-state index is 0. The third kappa shape index (κ3) is 2.61. The van der Waals surface area contributed by atoms with Crippen molar-refractivity contribution in [3.8, 4) is 23.0 Å². The lowest BCUT2D eigenvalue weighted by molar-refractivity contribution is -0.927. The predicted molar refractivity (Wildman–Crippen MR) is 96.7 cm³/mol. The summed E-state index contributed by atoms with van der Waals surface area (Å²) in [6.07, 6.45) is 0.538. The molecule has 8 heteroatoms. The standard InChI is InChI=1S/C21H20NO6.HI/c1-22(2)6-5-11-7-15-16(26-9-25-15)8-13(11)18(22)19-12-3-4-14-20(27-10-24-14)17(12)21(23)28-19;/h3-4,7-8,18-19H,5-6,9-10H2,1-2H3;1H/q+1;/p-1/t18-,19?;/m1./s1. The first-order valence-corrected chi connectivity index (χ1v) is 9.41. The van der Waals surface area contributed by atoms with E-state index in [0.29, 0.717) is 21.5 Å². The summed E-state index contributed by atoms with van der Waals surface area (Å²) in [7, 11) is 4.36. The van der Waals surface area contributed by atoms with Gasteiger partial charge in [-0.15, -0.1) is 0 Å². The Kier molecular flexibility index (Phi) is 4.15. The molecule has 4 aliphatic heterocycles. The van der Waals surface area contributed by atoms with Crippen LogP contribution in [0.4, 0.5) is 0 Å². The van der Waals surface area contributed by atoms with E-state index in [1.54, 1.807) is 0 Å². The molecule has 0 aliphatic carbocycles. The van der Waals surface area contributed by atoms with E-state index in [4.69, 9.17) is 23.7 Å². The number of halogens is 1. The number of hydrogen-bond acceptors (Lipinski definition) is 6. The first-order valence-electron chi connectivity index (χ1n) is 9.41. The number of rotatable bonds is 1. The molecular formula is C21H20INO6. The van der Waals surface area contributed by atoms with E-state index < -0.39 is 6.10 Å². The van der Waals surface area contributed by atoms with Crippen LogP contribution in [0, 0.1) is 0 Å². The Labute approximate surface area is 185 Å². The van der Waals surface area contributed by atoms with Crippen molar-refractivity contribution in [2.24, 2.45) is 0 Å². The molecule has 6 rings (SSSR count). The molecule has 0 radical (unpaired) electrons. The maximum Gasteiger partial charge on any atom is 0.343 e. The number of benzene rings is 2. The fourth-order valence-corrected chi connectivity index (χ4v) is 4.85. The van der Waals surface area contributed by atoms with Crippen LogP contribution in [0.2, 0.25) is 0 Å². The highest BCUT2D eigenvalue weighted by Crippen LogP contribution is 2.53. The molecule has 0 N–H and O–H groups in total. The van der Waals surface area contributed by atoms with Crippen LogP contribution in [0.3, 0.4) is 0 Å². The van der Waals surface area contributed by atoms with Gasteiger partial charge in [0.2, 0.25) is 13.6 Å². The summed E-state index contributed by atoms with van der Waals surface area (Å²) in [5, 5.41) is 0. The number of hydrogen-bond donors (Lipinski definition) is 0. The zero-order chi connectivity index (χ0) is 19.0. The van der Waals surface area contributed by atoms with E-state index in [-0.39, 0.29) is 49.6 Å². The van der Waals surface area contributed by atoms with Crippen LogP contribution >= 0.6 is 0 Å². The van der Waals surface area contributed by atoms with Crippen LogP contribution in [0.15, 0.2) is 24.3 Å². The number of nitrogens with zero attached hydrogens (tertiary/aromatic N) is 1. The maximum absolute atomic E-state index is 12.8. The van der Waals surface area contributed by atoms with Crippen LogP contribution in [-0.2, 0) is 11.2 Å². The predicted octanol–water partition coefficient (Wildman–Crippen LogP) is -0.267. The Morgan fingerprint density at radius 3 is 2.48 bits per heavy atom. The number of carbonyl (C=O) groups excluding carboxylic acids is 1. The Morgan fingerprint density at radius 1 is 0.931 bits per heavy atom. The molecule has 4 heterocycles. The Balaban J connectivity index is 0.00000181. The molecule has 0 spiro atoms. The molecule has 4 aliphatic rings. The Hall–Kier alpha value is -2.20. The van der Waals surface area contributed by atoms with E-state index in [2.05, 4.69) is 26.2 Å². The average molecular weight is 509 g/mol. The fraction of sp³-hybridized carbons (Fsp3) is 0.381. The molecule has 0 amide bonds. The van der Waals surface area contributed by atoms with E-state index in [9.17, 15) is 4.79 Å². The summed E-state index contributed by atoms with van der Waals surface area (Å²) in [6.45, 7) is 1.30. The van der Waals surface area contributed by atoms with Gasteiger partial charge in [0.05, 0.1) is 20.6 Å². The number of carbonyl (C=O) groups is 1. The van der Waals surface area contributed by atoms with Gasteiger partial charge in [0.15, 0.2) is 35.1 Å². The summed E-state index contributed by atoms with van der Waals surface area (Å²) in [5.41, 5.74) is 3.71. The quantitative estimate of drug-likeness (QED) is 0.300. The van der Waals surface area contributed by atoms with Crippen molar-refractivity contribution in [1.29, 1.82) is 0 Å². The zero-order valence-corrected chi connectivity index (χ0v) is 18.2. The van der Waals surface area contributed by atoms with E-state index in [1.807, 2.05) is 12.1 Å². The normalized spacial score (nSPS) is 24.4. The zero-order valence-electron chi connectivity index (χ0n) is 16.1. The SMILES string of the molecule is C[N+]1(C)CCc2cc3c(cc2[C@@H]1C1OC(=O)c2c1ccc1c2OCO1)OCO3.[I-]. The van der Waals surface area contributed by atoms with Gasteiger partial charge in [0, 0.05) is 17.5 Å². The highest BCUT2D eigenvalue weighted by molar-refractivity contribution is 5.98. The van der Waals surface area contributed by atoms with Crippen LogP contribution in [0.5, 0.6) is 23.0 Å².